The van der Waals surface area contributed by atoms with Crippen LogP contribution in [0.5, 0.6) is 0 Å². The van der Waals surface area contributed by atoms with Crippen molar-refractivity contribution in [1.82, 2.24) is 9.97 Å². The molecule has 4 heteroatoms. The third-order valence-electron chi connectivity index (χ3n) is 3.10. The number of nitrogens with zero attached hydrogens (tertiary/aromatic N) is 1. The van der Waals surface area contributed by atoms with Crippen molar-refractivity contribution in [2.24, 2.45) is 0 Å². The van der Waals surface area contributed by atoms with Gasteiger partial charge >= 0.3 is 0 Å². The smallest absolute Gasteiger partial charge is 0.132 e. The lowest BCUT2D eigenvalue weighted by Crippen LogP contribution is -2.13. The quantitative estimate of drug-likeness (QED) is 0.823. The van der Waals surface area contributed by atoms with Crippen LogP contribution in [0.15, 0.2) is 0 Å². The van der Waals surface area contributed by atoms with E-state index >= 15 is 0 Å². The first-order valence-electron chi connectivity index (χ1n) is 5.91. The topological polar surface area (TPSA) is 37.9 Å². The van der Waals surface area contributed by atoms with E-state index in [1.165, 1.54) is 5.69 Å². The third kappa shape index (κ3) is 2.50. The zero-order valence-electron chi connectivity index (χ0n) is 9.88. The molecule has 1 aliphatic heterocycles. The molecule has 1 fully saturated rings. The minimum Gasteiger partial charge on any atom is -0.378 e. The summed E-state index contributed by atoms with van der Waals surface area (Å²) in [6.45, 7) is 5.04. The Morgan fingerprint density at radius 1 is 1.56 bits per heavy atom. The fourth-order valence-corrected chi connectivity index (χ4v) is 2.34. The molecule has 1 aromatic heterocycles. The molecule has 3 nitrogen and oxygen atoms in total. The molecule has 0 amide bonds. The lowest BCUT2D eigenvalue weighted by Gasteiger charge is -2.11. The van der Waals surface area contributed by atoms with Crippen LogP contribution >= 0.6 is 12.2 Å². The number of hydrogen-bond acceptors (Lipinski definition) is 3. The molecular formula is C12H18N2OS. The molecule has 0 saturated carbocycles. The van der Waals surface area contributed by atoms with Crippen LogP contribution in [-0.4, -0.2) is 22.7 Å². The predicted molar refractivity (Wildman–Crippen MR) is 66.2 cm³/mol. The van der Waals surface area contributed by atoms with Crippen LogP contribution in [0.3, 0.4) is 0 Å². The van der Waals surface area contributed by atoms with Gasteiger partial charge in [0.1, 0.15) is 10.5 Å². The lowest BCUT2D eigenvalue weighted by molar-refractivity contribution is 0.110. The first-order valence-corrected chi connectivity index (χ1v) is 6.31. The Kier molecular flexibility index (Phi) is 3.71. The van der Waals surface area contributed by atoms with E-state index in [2.05, 4.69) is 16.9 Å². The molecule has 2 heterocycles. The van der Waals surface area contributed by atoms with Gasteiger partial charge in [-0.25, -0.2) is 4.98 Å². The second-order valence-electron chi connectivity index (χ2n) is 4.28. The van der Waals surface area contributed by atoms with E-state index in [1.807, 2.05) is 6.92 Å². The van der Waals surface area contributed by atoms with E-state index in [0.717, 1.165) is 48.3 Å². The largest absolute Gasteiger partial charge is 0.378 e. The molecule has 1 N–H and O–H groups in total. The van der Waals surface area contributed by atoms with Gasteiger partial charge in [0.2, 0.25) is 0 Å². The van der Waals surface area contributed by atoms with Crippen LogP contribution in [-0.2, 0) is 17.6 Å². The first-order chi connectivity index (χ1) is 7.70. The van der Waals surface area contributed by atoms with Gasteiger partial charge in [-0.05, 0) is 26.2 Å². The molecule has 2 rings (SSSR count). The van der Waals surface area contributed by atoms with Gasteiger partial charge in [0.25, 0.3) is 0 Å². The van der Waals surface area contributed by atoms with Crippen LogP contribution in [0.1, 0.15) is 36.8 Å². The normalized spacial score (nSPS) is 20.2. The van der Waals surface area contributed by atoms with Gasteiger partial charge in [-0.1, -0.05) is 19.1 Å². The molecule has 88 valence electrons. The van der Waals surface area contributed by atoms with E-state index < -0.39 is 0 Å². The Morgan fingerprint density at radius 2 is 2.38 bits per heavy atom. The maximum absolute atomic E-state index is 5.61. The third-order valence-corrected chi connectivity index (χ3v) is 3.50. The van der Waals surface area contributed by atoms with Crippen LogP contribution < -0.4 is 0 Å². The van der Waals surface area contributed by atoms with Crippen LogP contribution in [0.4, 0.5) is 0 Å². The molecule has 1 atom stereocenters. The van der Waals surface area contributed by atoms with Gasteiger partial charge in [0.05, 0.1) is 6.10 Å². The van der Waals surface area contributed by atoms with Gasteiger partial charge in [-0.3, -0.25) is 0 Å². The minimum atomic E-state index is 0.325. The molecule has 0 aliphatic carbocycles. The number of aromatic amines is 1. The van der Waals surface area contributed by atoms with Gasteiger partial charge in [0, 0.05) is 24.3 Å². The number of nitrogens with one attached hydrogen (secondary N) is 1. The van der Waals surface area contributed by atoms with Crippen molar-refractivity contribution in [3.63, 3.8) is 0 Å². The summed E-state index contributed by atoms with van der Waals surface area (Å²) in [6.07, 6.45) is 4.45. The van der Waals surface area contributed by atoms with E-state index in [4.69, 9.17) is 17.0 Å². The molecule has 16 heavy (non-hydrogen) atoms. The zero-order chi connectivity index (χ0) is 11.5. The Labute approximate surface area is 101 Å². The predicted octanol–water partition coefficient (Wildman–Crippen LogP) is 2.73. The Balaban J connectivity index is 2.20. The fourth-order valence-electron chi connectivity index (χ4n) is 2.10. The number of hydrogen-bond donors (Lipinski definition) is 1. The van der Waals surface area contributed by atoms with Crippen molar-refractivity contribution in [2.75, 3.05) is 6.61 Å². The number of ether oxygens (including phenoxy) is 1. The van der Waals surface area contributed by atoms with Crippen molar-refractivity contribution in [3.8, 4) is 0 Å². The lowest BCUT2D eigenvalue weighted by atomic mass is 10.1. The average molecular weight is 238 g/mol. The fraction of sp³-hybridized carbons (Fsp3) is 0.667. The Hall–Kier alpha value is -0.740. The maximum Gasteiger partial charge on any atom is 0.132 e. The highest BCUT2D eigenvalue weighted by Crippen LogP contribution is 2.16. The van der Waals surface area contributed by atoms with E-state index in [0.29, 0.717) is 6.10 Å². The van der Waals surface area contributed by atoms with Gasteiger partial charge in [0.15, 0.2) is 0 Å². The molecule has 0 aromatic carbocycles. The van der Waals surface area contributed by atoms with Crippen molar-refractivity contribution in [1.29, 1.82) is 0 Å². The summed E-state index contributed by atoms with van der Waals surface area (Å²) in [4.78, 5) is 7.80. The molecular weight excluding hydrogens is 220 g/mol. The Bertz CT molecular complexity index is 422. The molecule has 1 saturated heterocycles. The monoisotopic (exact) mass is 238 g/mol. The van der Waals surface area contributed by atoms with Gasteiger partial charge < -0.3 is 9.72 Å². The molecule has 1 aliphatic rings. The highest BCUT2D eigenvalue weighted by molar-refractivity contribution is 7.71. The van der Waals surface area contributed by atoms with Crippen LogP contribution in [0, 0.1) is 11.6 Å². The number of aromatic nitrogens is 2. The van der Waals surface area contributed by atoms with E-state index in [-0.39, 0.29) is 0 Å². The maximum atomic E-state index is 5.61. The summed E-state index contributed by atoms with van der Waals surface area (Å²) in [7, 11) is 0. The molecule has 0 radical (unpaired) electrons. The van der Waals surface area contributed by atoms with Crippen molar-refractivity contribution in [3.05, 3.63) is 21.7 Å². The van der Waals surface area contributed by atoms with Crippen molar-refractivity contribution >= 4 is 12.2 Å². The number of rotatable bonds is 3. The van der Waals surface area contributed by atoms with Crippen molar-refractivity contribution in [2.45, 2.75) is 45.6 Å². The number of aryl methyl sites for hydroxylation is 1. The summed E-state index contributed by atoms with van der Waals surface area (Å²) in [6, 6.07) is 0. The van der Waals surface area contributed by atoms with E-state index in [9.17, 15) is 0 Å². The first kappa shape index (κ1) is 11.7. The average Bonchev–Trinajstić information content (AvgIpc) is 2.76. The summed E-state index contributed by atoms with van der Waals surface area (Å²) < 4.78 is 6.33. The second-order valence-corrected chi connectivity index (χ2v) is 4.67. The van der Waals surface area contributed by atoms with Gasteiger partial charge in [-0.15, -0.1) is 0 Å². The SMILES string of the molecule is CCc1[nH]c(CC2CCCO2)nc(=S)c1C. The summed E-state index contributed by atoms with van der Waals surface area (Å²) >= 11 is 5.26. The summed E-state index contributed by atoms with van der Waals surface area (Å²) in [5.74, 6) is 0.972. The summed E-state index contributed by atoms with van der Waals surface area (Å²) in [5, 5.41) is 0. The van der Waals surface area contributed by atoms with Gasteiger partial charge in [-0.2, -0.15) is 0 Å². The zero-order valence-corrected chi connectivity index (χ0v) is 10.7. The summed E-state index contributed by atoms with van der Waals surface area (Å²) in [5.41, 5.74) is 2.31. The molecule has 0 spiro atoms. The van der Waals surface area contributed by atoms with E-state index in [1.54, 1.807) is 0 Å². The van der Waals surface area contributed by atoms with Crippen molar-refractivity contribution < 1.29 is 4.74 Å². The number of H-pyrrole nitrogens is 1. The molecule has 1 aromatic rings. The highest BCUT2D eigenvalue weighted by Gasteiger charge is 2.17. The van der Waals surface area contributed by atoms with Crippen LogP contribution in [0.25, 0.3) is 0 Å². The highest BCUT2D eigenvalue weighted by atomic mass is 32.1. The van der Waals surface area contributed by atoms with Crippen LogP contribution in [0.2, 0.25) is 0 Å². The molecule has 0 bridgehead atoms. The second kappa shape index (κ2) is 5.06. The Morgan fingerprint density at radius 3 is 3.00 bits per heavy atom. The standard InChI is InChI=1S/C12H18N2OS/c1-3-10-8(2)12(16)14-11(13-10)7-9-5-4-6-15-9/h9H,3-7H2,1-2H3,(H,13,14,16). The molecule has 1 unspecified atom stereocenters. The minimum absolute atomic E-state index is 0.325.